The summed E-state index contributed by atoms with van der Waals surface area (Å²) in [5, 5.41) is 6.90. The summed E-state index contributed by atoms with van der Waals surface area (Å²) in [5.41, 5.74) is 2.01. The van der Waals surface area contributed by atoms with E-state index < -0.39 is 0 Å². The summed E-state index contributed by atoms with van der Waals surface area (Å²) in [4.78, 5) is 11.9. The van der Waals surface area contributed by atoms with E-state index >= 15 is 0 Å². The predicted octanol–water partition coefficient (Wildman–Crippen LogP) is 3.90. The van der Waals surface area contributed by atoms with E-state index in [1.807, 2.05) is 55.5 Å². The highest BCUT2D eigenvalue weighted by Crippen LogP contribution is 2.15. The number of anilines is 1. The van der Waals surface area contributed by atoms with Gasteiger partial charge in [0.2, 0.25) is 5.91 Å². The van der Waals surface area contributed by atoms with Crippen LogP contribution in [-0.4, -0.2) is 25.6 Å². The molecule has 2 N–H and O–H groups in total. The van der Waals surface area contributed by atoms with E-state index in [1.165, 1.54) is 5.56 Å². The lowest BCUT2D eigenvalue weighted by atomic mass is 10.1. The van der Waals surface area contributed by atoms with Gasteiger partial charge in [-0.1, -0.05) is 23.7 Å². The molecule has 4 nitrogen and oxygen atoms in total. The van der Waals surface area contributed by atoms with Crippen LogP contribution in [-0.2, 0) is 11.2 Å². The third-order valence-electron chi connectivity index (χ3n) is 3.48. The second-order valence-electron chi connectivity index (χ2n) is 5.38. The van der Waals surface area contributed by atoms with Gasteiger partial charge in [0.1, 0.15) is 5.75 Å². The summed E-state index contributed by atoms with van der Waals surface area (Å²) in [6.07, 6.45) is 1.35. The molecule has 0 aliphatic rings. The normalized spacial score (nSPS) is 10.4. The molecule has 0 atom stereocenters. The van der Waals surface area contributed by atoms with E-state index in [0.717, 1.165) is 29.4 Å². The summed E-state index contributed by atoms with van der Waals surface area (Å²) < 4.78 is 5.37. The van der Waals surface area contributed by atoms with E-state index in [0.29, 0.717) is 19.6 Å². The number of rotatable bonds is 9. The van der Waals surface area contributed by atoms with E-state index in [4.69, 9.17) is 16.3 Å². The highest BCUT2D eigenvalue weighted by molar-refractivity contribution is 6.30. The van der Waals surface area contributed by atoms with Gasteiger partial charge < -0.3 is 15.4 Å². The van der Waals surface area contributed by atoms with E-state index in [-0.39, 0.29) is 5.91 Å². The highest BCUT2D eigenvalue weighted by atomic mass is 35.5. The average molecular weight is 347 g/mol. The highest BCUT2D eigenvalue weighted by Gasteiger charge is 2.02. The third-order valence-corrected chi connectivity index (χ3v) is 3.73. The van der Waals surface area contributed by atoms with Crippen LogP contribution in [0.25, 0.3) is 0 Å². The molecule has 0 aliphatic heterocycles. The zero-order valence-electron chi connectivity index (χ0n) is 13.8. The average Bonchev–Trinajstić information content (AvgIpc) is 2.58. The number of hydrogen-bond acceptors (Lipinski definition) is 3. The van der Waals surface area contributed by atoms with Crippen molar-refractivity contribution in [3.8, 4) is 5.75 Å². The first kappa shape index (κ1) is 18.3. The van der Waals surface area contributed by atoms with Crippen molar-refractivity contribution >= 4 is 23.2 Å². The molecule has 0 unspecified atom stereocenters. The fraction of sp³-hybridized carbons (Fsp3) is 0.316. The van der Waals surface area contributed by atoms with Gasteiger partial charge in [0, 0.05) is 23.7 Å². The van der Waals surface area contributed by atoms with Crippen LogP contribution >= 0.6 is 11.6 Å². The number of benzene rings is 2. The molecular formula is C19H23ClN2O2. The topological polar surface area (TPSA) is 50.4 Å². The number of carbonyl (C=O) groups is 1. The second kappa shape index (κ2) is 9.96. The Morgan fingerprint density at radius 3 is 2.42 bits per heavy atom. The summed E-state index contributed by atoms with van der Waals surface area (Å²) in [6, 6.07) is 15.2. The second-order valence-corrected chi connectivity index (χ2v) is 5.82. The molecule has 5 heteroatoms. The fourth-order valence-corrected chi connectivity index (χ4v) is 2.36. The van der Waals surface area contributed by atoms with Gasteiger partial charge in [-0.15, -0.1) is 0 Å². The molecule has 0 radical (unpaired) electrons. The first-order valence-corrected chi connectivity index (χ1v) is 8.53. The van der Waals surface area contributed by atoms with Crippen LogP contribution in [0, 0.1) is 0 Å². The maximum Gasteiger partial charge on any atom is 0.225 e. The quantitative estimate of drug-likeness (QED) is 0.677. The number of carbonyl (C=O) groups excluding carboxylic acids is 1. The lowest BCUT2D eigenvalue weighted by molar-refractivity contribution is -0.116. The smallest absolute Gasteiger partial charge is 0.225 e. The van der Waals surface area contributed by atoms with Crippen LogP contribution in [0.15, 0.2) is 48.5 Å². The van der Waals surface area contributed by atoms with Crippen molar-refractivity contribution in [1.29, 1.82) is 0 Å². The van der Waals surface area contributed by atoms with Gasteiger partial charge in [0.25, 0.3) is 0 Å². The SMILES string of the molecule is CCOc1ccc(NC(=O)CCNCCc2ccc(Cl)cc2)cc1. The van der Waals surface area contributed by atoms with Gasteiger partial charge in [0.15, 0.2) is 0 Å². The largest absolute Gasteiger partial charge is 0.494 e. The van der Waals surface area contributed by atoms with Gasteiger partial charge in [0.05, 0.1) is 6.61 Å². The molecule has 128 valence electrons. The first-order chi connectivity index (χ1) is 11.7. The zero-order chi connectivity index (χ0) is 17.2. The van der Waals surface area contributed by atoms with Gasteiger partial charge in [-0.05, 0) is 61.9 Å². The van der Waals surface area contributed by atoms with Crippen molar-refractivity contribution in [2.24, 2.45) is 0 Å². The molecule has 24 heavy (non-hydrogen) atoms. The molecule has 0 aromatic heterocycles. The van der Waals surface area contributed by atoms with Gasteiger partial charge >= 0.3 is 0 Å². The van der Waals surface area contributed by atoms with Crippen molar-refractivity contribution < 1.29 is 9.53 Å². The minimum atomic E-state index is -0.00171. The molecule has 2 aromatic carbocycles. The van der Waals surface area contributed by atoms with Gasteiger partial charge in [-0.3, -0.25) is 4.79 Å². The van der Waals surface area contributed by atoms with Crippen molar-refractivity contribution in [2.75, 3.05) is 25.0 Å². The number of nitrogens with one attached hydrogen (secondary N) is 2. The van der Waals surface area contributed by atoms with Crippen molar-refractivity contribution in [3.63, 3.8) is 0 Å². The Bertz CT molecular complexity index is 627. The van der Waals surface area contributed by atoms with Crippen molar-refractivity contribution in [3.05, 3.63) is 59.1 Å². The van der Waals surface area contributed by atoms with Gasteiger partial charge in [-0.2, -0.15) is 0 Å². The molecular weight excluding hydrogens is 324 g/mol. The summed E-state index contributed by atoms with van der Waals surface area (Å²) in [7, 11) is 0. The van der Waals surface area contributed by atoms with Crippen LogP contribution in [0.1, 0.15) is 18.9 Å². The fourth-order valence-electron chi connectivity index (χ4n) is 2.24. The minimum Gasteiger partial charge on any atom is -0.494 e. The molecule has 2 aromatic rings. The summed E-state index contributed by atoms with van der Waals surface area (Å²) in [5.74, 6) is 0.803. The molecule has 2 rings (SSSR count). The van der Waals surface area contributed by atoms with Crippen LogP contribution in [0.3, 0.4) is 0 Å². The Morgan fingerprint density at radius 1 is 1.04 bits per heavy atom. The Kier molecular flexibility index (Phi) is 7.59. The number of ether oxygens (including phenoxy) is 1. The maximum absolute atomic E-state index is 11.9. The molecule has 0 spiro atoms. The Labute approximate surface area is 148 Å². The van der Waals surface area contributed by atoms with Crippen LogP contribution in [0.2, 0.25) is 5.02 Å². The maximum atomic E-state index is 11.9. The monoisotopic (exact) mass is 346 g/mol. The molecule has 0 bridgehead atoms. The first-order valence-electron chi connectivity index (χ1n) is 8.15. The molecule has 0 saturated heterocycles. The summed E-state index contributed by atoms with van der Waals surface area (Å²) >= 11 is 5.85. The van der Waals surface area contributed by atoms with Crippen molar-refractivity contribution in [2.45, 2.75) is 19.8 Å². The van der Waals surface area contributed by atoms with E-state index in [1.54, 1.807) is 0 Å². The van der Waals surface area contributed by atoms with Crippen LogP contribution < -0.4 is 15.4 Å². The summed E-state index contributed by atoms with van der Waals surface area (Å²) in [6.45, 7) is 4.05. The Balaban J connectivity index is 1.61. The Morgan fingerprint density at radius 2 is 1.75 bits per heavy atom. The van der Waals surface area contributed by atoms with Gasteiger partial charge in [-0.25, -0.2) is 0 Å². The molecule has 0 heterocycles. The number of amides is 1. The number of halogens is 1. The molecule has 0 fully saturated rings. The van der Waals surface area contributed by atoms with E-state index in [2.05, 4.69) is 10.6 Å². The van der Waals surface area contributed by atoms with E-state index in [9.17, 15) is 4.79 Å². The molecule has 0 saturated carbocycles. The molecule has 1 amide bonds. The van der Waals surface area contributed by atoms with Crippen LogP contribution in [0.4, 0.5) is 5.69 Å². The lowest BCUT2D eigenvalue weighted by Gasteiger charge is -2.08. The third kappa shape index (κ3) is 6.60. The zero-order valence-corrected chi connectivity index (χ0v) is 14.6. The standard InChI is InChI=1S/C19H23ClN2O2/c1-2-24-18-9-7-17(8-10-18)22-19(23)12-14-21-13-11-15-3-5-16(20)6-4-15/h3-10,21H,2,11-14H2,1H3,(H,22,23). The van der Waals surface area contributed by atoms with Crippen molar-refractivity contribution in [1.82, 2.24) is 5.32 Å². The number of hydrogen-bond donors (Lipinski definition) is 2. The minimum absolute atomic E-state index is 0.00171. The Hall–Kier alpha value is -2.04. The predicted molar refractivity (Wildman–Crippen MR) is 98.9 cm³/mol. The lowest BCUT2D eigenvalue weighted by Crippen LogP contribution is -2.23. The molecule has 0 aliphatic carbocycles. The van der Waals surface area contributed by atoms with Crippen LogP contribution in [0.5, 0.6) is 5.75 Å².